The third-order valence-corrected chi connectivity index (χ3v) is 2.32. The molecule has 1 aliphatic rings. The summed E-state index contributed by atoms with van der Waals surface area (Å²) in [6.45, 7) is 6.64. The van der Waals surface area contributed by atoms with Crippen LogP contribution in [0.4, 0.5) is 0 Å². The number of hydrogen-bond acceptors (Lipinski definition) is 3. The van der Waals surface area contributed by atoms with Crippen molar-refractivity contribution >= 4 is 0 Å². The van der Waals surface area contributed by atoms with Gasteiger partial charge in [-0.25, -0.2) is 0 Å². The monoisotopic (exact) mass is 174 g/mol. The van der Waals surface area contributed by atoms with Gasteiger partial charge in [0.2, 0.25) is 0 Å². The van der Waals surface area contributed by atoms with E-state index in [9.17, 15) is 0 Å². The van der Waals surface area contributed by atoms with E-state index >= 15 is 0 Å². The lowest BCUT2D eigenvalue weighted by molar-refractivity contribution is -0.146. The minimum absolute atomic E-state index is 0.0648. The Morgan fingerprint density at radius 1 is 1.58 bits per heavy atom. The summed E-state index contributed by atoms with van der Waals surface area (Å²) in [6.07, 6.45) is 0.996. The van der Waals surface area contributed by atoms with Gasteiger partial charge < -0.3 is 14.6 Å². The molecule has 1 fully saturated rings. The summed E-state index contributed by atoms with van der Waals surface area (Å²) in [7, 11) is 0. The molecule has 1 N–H and O–H groups in total. The summed E-state index contributed by atoms with van der Waals surface area (Å²) < 4.78 is 11.0. The maximum absolute atomic E-state index is 9.02. The predicted octanol–water partition coefficient (Wildman–Crippen LogP) is 1.16. The minimum Gasteiger partial charge on any atom is -0.396 e. The largest absolute Gasteiger partial charge is 0.396 e. The van der Waals surface area contributed by atoms with E-state index in [-0.39, 0.29) is 18.6 Å². The molecular weight excluding hydrogens is 156 g/mol. The van der Waals surface area contributed by atoms with E-state index in [1.54, 1.807) is 0 Å². The van der Waals surface area contributed by atoms with Crippen molar-refractivity contribution in [3.8, 4) is 0 Å². The fourth-order valence-electron chi connectivity index (χ4n) is 1.46. The molecule has 0 aromatic carbocycles. The quantitative estimate of drug-likeness (QED) is 0.697. The Kier molecular flexibility index (Phi) is 3.09. The highest BCUT2D eigenvalue weighted by molar-refractivity contribution is 4.76. The maximum Gasteiger partial charge on any atom is 0.163 e. The fourth-order valence-corrected chi connectivity index (χ4v) is 1.46. The molecule has 0 bridgehead atoms. The fraction of sp³-hybridized carbons (Fsp3) is 1.00. The van der Waals surface area contributed by atoms with Gasteiger partial charge in [-0.15, -0.1) is 0 Å². The molecule has 0 aliphatic carbocycles. The van der Waals surface area contributed by atoms with Crippen molar-refractivity contribution in [3.63, 3.8) is 0 Å². The Bertz CT molecular complexity index is 141. The van der Waals surface area contributed by atoms with E-state index in [4.69, 9.17) is 14.6 Å². The first kappa shape index (κ1) is 9.96. The summed E-state index contributed by atoms with van der Waals surface area (Å²) in [4.78, 5) is 0. The molecule has 1 aliphatic heterocycles. The molecule has 1 rings (SSSR count). The highest BCUT2D eigenvalue weighted by Crippen LogP contribution is 2.27. The van der Waals surface area contributed by atoms with Crippen molar-refractivity contribution in [2.45, 2.75) is 39.1 Å². The van der Waals surface area contributed by atoms with Gasteiger partial charge in [0.05, 0.1) is 12.7 Å². The van der Waals surface area contributed by atoms with Crippen molar-refractivity contribution in [2.75, 3.05) is 13.2 Å². The first-order valence-corrected chi connectivity index (χ1v) is 4.51. The van der Waals surface area contributed by atoms with E-state index in [1.807, 2.05) is 13.8 Å². The molecule has 0 amide bonds. The average Bonchev–Trinajstić information content (AvgIpc) is 2.34. The zero-order chi connectivity index (χ0) is 9.19. The van der Waals surface area contributed by atoms with Crippen molar-refractivity contribution in [2.24, 2.45) is 5.92 Å². The second-order valence-electron chi connectivity index (χ2n) is 3.72. The van der Waals surface area contributed by atoms with Gasteiger partial charge in [-0.3, -0.25) is 0 Å². The van der Waals surface area contributed by atoms with Crippen molar-refractivity contribution < 1.29 is 14.6 Å². The molecule has 3 nitrogen and oxygen atoms in total. The molecule has 1 saturated heterocycles. The molecule has 72 valence electrons. The minimum atomic E-state index is -0.465. The van der Waals surface area contributed by atoms with Crippen LogP contribution >= 0.6 is 0 Å². The van der Waals surface area contributed by atoms with Crippen LogP contribution in [0.1, 0.15) is 27.2 Å². The molecule has 12 heavy (non-hydrogen) atoms. The second-order valence-corrected chi connectivity index (χ2v) is 3.72. The van der Waals surface area contributed by atoms with Gasteiger partial charge in [-0.2, -0.15) is 0 Å². The summed E-state index contributed by atoms with van der Waals surface area (Å²) in [5.41, 5.74) is 0. The van der Waals surface area contributed by atoms with Gasteiger partial charge in [-0.1, -0.05) is 6.92 Å². The van der Waals surface area contributed by atoms with Crippen LogP contribution in [0.3, 0.4) is 0 Å². The zero-order valence-corrected chi connectivity index (χ0v) is 8.04. The number of rotatable bonds is 3. The Morgan fingerprint density at radius 2 is 2.25 bits per heavy atom. The molecule has 3 heteroatoms. The van der Waals surface area contributed by atoms with Crippen LogP contribution in [0.25, 0.3) is 0 Å². The number of aliphatic hydroxyl groups is 1. The van der Waals surface area contributed by atoms with Gasteiger partial charge in [-0.05, 0) is 20.3 Å². The molecule has 2 atom stereocenters. The summed E-state index contributed by atoms with van der Waals surface area (Å²) in [5, 5.41) is 9.02. The number of ether oxygens (including phenoxy) is 2. The van der Waals surface area contributed by atoms with Crippen LogP contribution in [0.2, 0.25) is 0 Å². The van der Waals surface area contributed by atoms with Gasteiger partial charge in [0, 0.05) is 12.5 Å². The molecule has 1 heterocycles. The number of hydrogen-bond donors (Lipinski definition) is 1. The smallest absolute Gasteiger partial charge is 0.163 e. The molecule has 2 unspecified atom stereocenters. The highest BCUT2D eigenvalue weighted by atomic mass is 16.7. The van der Waals surface area contributed by atoms with Gasteiger partial charge in [0.15, 0.2) is 5.79 Å². The van der Waals surface area contributed by atoms with Crippen LogP contribution in [0, 0.1) is 5.92 Å². The van der Waals surface area contributed by atoms with Crippen molar-refractivity contribution in [3.05, 3.63) is 0 Å². The Hall–Kier alpha value is -0.120. The molecule has 0 aromatic heterocycles. The van der Waals surface area contributed by atoms with Crippen LogP contribution in [-0.2, 0) is 9.47 Å². The summed E-state index contributed by atoms with van der Waals surface area (Å²) in [6, 6.07) is 0. The van der Waals surface area contributed by atoms with Gasteiger partial charge >= 0.3 is 0 Å². The van der Waals surface area contributed by atoms with Crippen molar-refractivity contribution in [1.29, 1.82) is 0 Å². The van der Waals surface area contributed by atoms with Crippen LogP contribution in [0.15, 0.2) is 0 Å². The van der Waals surface area contributed by atoms with E-state index < -0.39 is 5.79 Å². The zero-order valence-electron chi connectivity index (χ0n) is 8.04. The SMILES string of the molecule is CCC(CO)C1COC(C)(C)O1. The first-order chi connectivity index (χ1) is 5.59. The summed E-state index contributed by atoms with van der Waals surface area (Å²) in [5.74, 6) is -0.250. The first-order valence-electron chi connectivity index (χ1n) is 4.51. The summed E-state index contributed by atoms with van der Waals surface area (Å²) >= 11 is 0. The van der Waals surface area contributed by atoms with E-state index in [0.717, 1.165) is 6.42 Å². The Morgan fingerprint density at radius 3 is 2.58 bits per heavy atom. The standard InChI is InChI=1S/C9H18O3/c1-4-7(5-10)8-6-11-9(2,3)12-8/h7-8,10H,4-6H2,1-3H3. The average molecular weight is 174 g/mol. The van der Waals surface area contributed by atoms with Gasteiger partial charge in [0.1, 0.15) is 0 Å². The lowest BCUT2D eigenvalue weighted by Crippen LogP contribution is -2.28. The third kappa shape index (κ3) is 2.19. The lowest BCUT2D eigenvalue weighted by atomic mass is 10.0. The molecule has 0 radical (unpaired) electrons. The van der Waals surface area contributed by atoms with Crippen molar-refractivity contribution in [1.82, 2.24) is 0 Å². The maximum atomic E-state index is 9.02. The Balaban J connectivity index is 2.45. The Labute approximate surface area is 73.7 Å². The molecule has 0 spiro atoms. The van der Waals surface area contributed by atoms with E-state index in [2.05, 4.69) is 6.92 Å². The molecule has 0 aromatic rings. The predicted molar refractivity (Wildman–Crippen MR) is 45.8 cm³/mol. The highest BCUT2D eigenvalue weighted by Gasteiger charge is 2.36. The van der Waals surface area contributed by atoms with E-state index in [1.165, 1.54) is 0 Å². The second kappa shape index (κ2) is 3.73. The lowest BCUT2D eigenvalue weighted by Gasteiger charge is -2.21. The van der Waals surface area contributed by atoms with E-state index in [0.29, 0.717) is 6.61 Å². The molecular formula is C9H18O3. The van der Waals surface area contributed by atoms with Crippen LogP contribution < -0.4 is 0 Å². The normalized spacial score (nSPS) is 30.5. The third-order valence-electron chi connectivity index (χ3n) is 2.32. The van der Waals surface area contributed by atoms with Gasteiger partial charge in [0.25, 0.3) is 0 Å². The topological polar surface area (TPSA) is 38.7 Å². The van der Waals surface area contributed by atoms with Crippen LogP contribution in [0.5, 0.6) is 0 Å². The van der Waals surface area contributed by atoms with Crippen LogP contribution in [-0.4, -0.2) is 30.2 Å². The molecule has 0 saturated carbocycles. The number of aliphatic hydroxyl groups excluding tert-OH is 1.